The van der Waals surface area contributed by atoms with Crippen molar-refractivity contribution in [2.45, 2.75) is 25.9 Å². The largest absolute Gasteiger partial charge is 0.488 e. The summed E-state index contributed by atoms with van der Waals surface area (Å²) in [5.41, 5.74) is 6.45. The summed E-state index contributed by atoms with van der Waals surface area (Å²) in [6.45, 7) is 3.97. The molecule has 0 radical (unpaired) electrons. The van der Waals surface area contributed by atoms with Crippen molar-refractivity contribution in [1.29, 1.82) is 0 Å². The third-order valence-corrected chi connectivity index (χ3v) is 3.28. The Morgan fingerprint density at radius 2 is 2.40 bits per heavy atom. The molecule has 0 saturated carbocycles. The normalized spacial score (nSPS) is 18.1. The number of benzene rings is 1. The minimum Gasteiger partial charge on any atom is -0.488 e. The Morgan fingerprint density at radius 1 is 1.60 bits per heavy atom. The standard InChI is InChI=1S/C14H20FN3O2/c1-2-5-18(9-14(16)17-19)8-12-7-10-6-11(15)3-4-13(10)20-12/h3-4,6,12,19H,2,5,7-9H2,1H3,(H2,16,17). The third kappa shape index (κ3) is 3.60. The van der Waals surface area contributed by atoms with Crippen LogP contribution in [-0.4, -0.2) is 41.7 Å². The molecular formula is C14H20FN3O2. The van der Waals surface area contributed by atoms with Gasteiger partial charge in [0.2, 0.25) is 0 Å². The maximum atomic E-state index is 13.2. The molecule has 5 nitrogen and oxygen atoms in total. The van der Waals surface area contributed by atoms with Crippen LogP contribution in [-0.2, 0) is 6.42 Å². The van der Waals surface area contributed by atoms with Gasteiger partial charge in [-0.1, -0.05) is 12.1 Å². The molecule has 1 aliphatic heterocycles. The molecule has 1 atom stereocenters. The second-order valence-corrected chi connectivity index (χ2v) is 5.02. The van der Waals surface area contributed by atoms with Gasteiger partial charge in [0, 0.05) is 18.5 Å². The molecule has 2 rings (SSSR count). The molecule has 1 aliphatic rings. The van der Waals surface area contributed by atoms with Gasteiger partial charge in [-0.25, -0.2) is 4.39 Å². The van der Waals surface area contributed by atoms with Crippen LogP contribution in [0, 0.1) is 5.82 Å². The number of amidine groups is 1. The van der Waals surface area contributed by atoms with Crippen molar-refractivity contribution in [3.05, 3.63) is 29.6 Å². The average molecular weight is 281 g/mol. The van der Waals surface area contributed by atoms with Crippen LogP contribution in [0.25, 0.3) is 0 Å². The highest BCUT2D eigenvalue weighted by Gasteiger charge is 2.25. The molecule has 3 N–H and O–H groups in total. The number of nitrogens with two attached hydrogens (primary N) is 1. The number of rotatable bonds is 6. The predicted octanol–water partition coefficient (Wildman–Crippen LogP) is 1.59. The molecule has 0 spiro atoms. The molecule has 1 heterocycles. The van der Waals surface area contributed by atoms with E-state index in [2.05, 4.69) is 17.0 Å². The number of ether oxygens (including phenoxy) is 1. The van der Waals surface area contributed by atoms with Crippen molar-refractivity contribution >= 4 is 5.84 Å². The summed E-state index contributed by atoms with van der Waals surface area (Å²) in [5.74, 6) is 0.687. The van der Waals surface area contributed by atoms with Gasteiger partial charge >= 0.3 is 0 Å². The van der Waals surface area contributed by atoms with Crippen LogP contribution in [0.4, 0.5) is 4.39 Å². The Morgan fingerprint density at radius 3 is 3.10 bits per heavy atom. The van der Waals surface area contributed by atoms with E-state index >= 15 is 0 Å². The molecule has 0 aliphatic carbocycles. The number of hydrogen-bond donors (Lipinski definition) is 2. The molecule has 0 aromatic heterocycles. The van der Waals surface area contributed by atoms with Crippen molar-refractivity contribution < 1.29 is 14.3 Å². The lowest BCUT2D eigenvalue weighted by Crippen LogP contribution is -2.40. The summed E-state index contributed by atoms with van der Waals surface area (Å²) >= 11 is 0. The molecule has 1 aromatic rings. The molecule has 1 aromatic carbocycles. The van der Waals surface area contributed by atoms with Crippen LogP contribution in [0.15, 0.2) is 23.4 Å². The van der Waals surface area contributed by atoms with E-state index < -0.39 is 0 Å². The summed E-state index contributed by atoms with van der Waals surface area (Å²) in [4.78, 5) is 2.07. The molecule has 20 heavy (non-hydrogen) atoms. The summed E-state index contributed by atoms with van der Waals surface area (Å²) in [5, 5.41) is 11.6. The maximum Gasteiger partial charge on any atom is 0.153 e. The second kappa shape index (κ2) is 6.56. The first-order valence-electron chi connectivity index (χ1n) is 6.76. The lowest BCUT2D eigenvalue weighted by atomic mass is 10.1. The van der Waals surface area contributed by atoms with Crippen molar-refractivity contribution in [2.24, 2.45) is 10.9 Å². The molecule has 1 unspecified atom stereocenters. The predicted molar refractivity (Wildman–Crippen MR) is 74.7 cm³/mol. The minimum atomic E-state index is -0.241. The van der Waals surface area contributed by atoms with Gasteiger partial charge in [-0.2, -0.15) is 0 Å². The Labute approximate surface area is 117 Å². The lowest BCUT2D eigenvalue weighted by Gasteiger charge is -2.24. The zero-order valence-corrected chi connectivity index (χ0v) is 11.6. The van der Waals surface area contributed by atoms with Crippen molar-refractivity contribution in [3.8, 4) is 5.75 Å². The zero-order valence-electron chi connectivity index (χ0n) is 11.6. The van der Waals surface area contributed by atoms with Crippen LogP contribution >= 0.6 is 0 Å². The number of halogens is 1. The van der Waals surface area contributed by atoms with Crippen molar-refractivity contribution in [2.75, 3.05) is 19.6 Å². The van der Waals surface area contributed by atoms with E-state index in [1.54, 1.807) is 6.07 Å². The molecule has 110 valence electrons. The topological polar surface area (TPSA) is 71.1 Å². The van der Waals surface area contributed by atoms with E-state index in [1.165, 1.54) is 12.1 Å². The van der Waals surface area contributed by atoms with E-state index in [-0.39, 0.29) is 17.8 Å². The molecule has 6 heteroatoms. The Hall–Kier alpha value is -1.82. The Kier molecular flexibility index (Phi) is 4.79. The monoisotopic (exact) mass is 281 g/mol. The SMILES string of the molecule is CCCN(CC(N)=NO)CC1Cc2cc(F)ccc2O1. The Balaban J connectivity index is 1.96. The number of nitrogens with zero attached hydrogens (tertiary/aromatic N) is 2. The number of fused-ring (bicyclic) bond motifs is 1. The van der Waals surface area contributed by atoms with Crippen LogP contribution in [0.1, 0.15) is 18.9 Å². The maximum absolute atomic E-state index is 13.2. The van der Waals surface area contributed by atoms with Gasteiger partial charge < -0.3 is 15.7 Å². The van der Waals surface area contributed by atoms with E-state index in [4.69, 9.17) is 15.7 Å². The van der Waals surface area contributed by atoms with Crippen molar-refractivity contribution in [3.63, 3.8) is 0 Å². The first-order valence-corrected chi connectivity index (χ1v) is 6.76. The molecular weight excluding hydrogens is 261 g/mol. The van der Waals surface area contributed by atoms with Gasteiger partial charge in [-0.3, -0.25) is 4.90 Å². The highest BCUT2D eigenvalue weighted by Crippen LogP contribution is 2.29. The van der Waals surface area contributed by atoms with Gasteiger partial charge in [-0.05, 0) is 31.2 Å². The number of hydrogen-bond acceptors (Lipinski definition) is 4. The molecule has 0 fully saturated rings. The van der Waals surface area contributed by atoms with Crippen LogP contribution in [0.2, 0.25) is 0 Å². The zero-order chi connectivity index (χ0) is 14.5. The quantitative estimate of drug-likeness (QED) is 0.359. The van der Waals surface area contributed by atoms with Gasteiger partial charge in [0.1, 0.15) is 17.7 Å². The summed E-state index contributed by atoms with van der Waals surface area (Å²) in [6, 6.07) is 4.59. The van der Waals surface area contributed by atoms with Crippen LogP contribution in [0.3, 0.4) is 0 Å². The second-order valence-electron chi connectivity index (χ2n) is 5.02. The minimum absolute atomic E-state index is 0.0233. The molecule has 0 saturated heterocycles. The van der Waals surface area contributed by atoms with E-state index in [9.17, 15) is 4.39 Å². The van der Waals surface area contributed by atoms with Gasteiger partial charge in [-0.15, -0.1) is 0 Å². The lowest BCUT2D eigenvalue weighted by molar-refractivity contribution is 0.160. The smallest absolute Gasteiger partial charge is 0.153 e. The van der Waals surface area contributed by atoms with Gasteiger partial charge in [0.05, 0.1) is 6.54 Å². The van der Waals surface area contributed by atoms with Crippen LogP contribution in [0.5, 0.6) is 5.75 Å². The van der Waals surface area contributed by atoms with E-state index in [1.807, 2.05) is 0 Å². The van der Waals surface area contributed by atoms with Crippen molar-refractivity contribution in [1.82, 2.24) is 4.90 Å². The highest BCUT2D eigenvalue weighted by atomic mass is 19.1. The summed E-state index contributed by atoms with van der Waals surface area (Å²) in [6.07, 6.45) is 1.63. The highest BCUT2D eigenvalue weighted by molar-refractivity contribution is 5.81. The fraction of sp³-hybridized carbons (Fsp3) is 0.500. The molecule has 0 bridgehead atoms. The Bertz CT molecular complexity index is 493. The molecule has 0 amide bonds. The van der Waals surface area contributed by atoms with E-state index in [0.29, 0.717) is 19.5 Å². The summed E-state index contributed by atoms with van der Waals surface area (Å²) in [7, 11) is 0. The number of oxime groups is 1. The fourth-order valence-electron chi connectivity index (χ4n) is 2.49. The summed E-state index contributed by atoms with van der Waals surface area (Å²) < 4.78 is 19.0. The first kappa shape index (κ1) is 14.6. The average Bonchev–Trinajstić information content (AvgIpc) is 2.80. The fourth-order valence-corrected chi connectivity index (χ4v) is 2.49. The van der Waals surface area contributed by atoms with Gasteiger partial charge in [0.25, 0.3) is 0 Å². The van der Waals surface area contributed by atoms with Crippen LogP contribution < -0.4 is 10.5 Å². The third-order valence-electron chi connectivity index (χ3n) is 3.28. The van der Waals surface area contributed by atoms with E-state index in [0.717, 1.165) is 24.3 Å². The first-order chi connectivity index (χ1) is 9.62. The van der Waals surface area contributed by atoms with Gasteiger partial charge in [0.15, 0.2) is 5.84 Å².